The number of rotatable bonds is 7. The summed E-state index contributed by atoms with van der Waals surface area (Å²) in [4.78, 5) is 11.0. The largest absolute Gasteiger partial charge is 0.379 e. The Bertz CT molecular complexity index is 207. The van der Waals surface area contributed by atoms with Crippen LogP contribution in [0.4, 0.5) is 0 Å². The number of ketones is 1. The smallest absolute Gasteiger partial charge is 0.132 e. The third-order valence-electron chi connectivity index (χ3n) is 2.42. The quantitative estimate of drug-likeness (QED) is 0.656. The number of methoxy groups -OCH3 is 1. The van der Waals surface area contributed by atoms with Crippen LogP contribution in [-0.2, 0) is 14.3 Å². The second-order valence-corrected chi connectivity index (χ2v) is 5.20. The lowest BCUT2D eigenvalue weighted by molar-refractivity contribution is -0.124. The number of carbonyl (C=O) groups is 1. The molecule has 0 spiro atoms. The average Bonchev–Trinajstić information content (AvgIpc) is 2.00. The van der Waals surface area contributed by atoms with Crippen LogP contribution in [0.5, 0.6) is 0 Å². The normalized spacial score (nSPS) is 12.9. The summed E-state index contributed by atoms with van der Waals surface area (Å²) < 4.78 is 11.0. The first-order valence-electron chi connectivity index (χ1n) is 5.37. The minimum Gasteiger partial charge on any atom is -0.379 e. The molecule has 0 aromatic rings. The average molecular weight is 216 g/mol. The predicted octanol–water partition coefficient (Wildman–Crippen LogP) is 2.58. The molecular formula is C12H24O3. The van der Waals surface area contributed by atoms with E-state index in [4.69, 9.17) is 9.47 Å². The van der Waals surface area contributed by atoms with Crippen LogP contribution >= 0.6 is 0 Å². The highest BCUT2D eigenvalue weighted by Crippen LogP contribution is 2.18. The van der Waals surface area contributed by atoms with Gasteiger partial charge in [-0.05, 0) is 41.0 Å². The van der Waals surface area contributed by atoms with Crippen LogP contribution in [0.3, 0.4) is 0 Å². The monoisotopic (exact) mass is 216 g/mol. The van der Waals surface area contributed by atoms with Crippen molar-refractivity contribution in [3.8, 4) is 0 Å². The van der Waals surface area contributed by atoms with E-state index in [1.807, 2.05) is 27.7 Å². The van der Waals surface area contributed by atoms with Gasteiger partial charge in [0.2, 0.25) is 0 Å². The summed E-state index contributed by atoms with van der Waals surface area (Å²) >= 11 is 0. The second-order valence-electron chi connectivity index (χ2n) is 5.20. The summed E-state index contributed by atoms with van der Waals surface area (Å²) in [5.41, 5.74) is -0.526. The molecule has 0 radical (unpaired) electrons. The van der Waals surface area contributed by atoms with Gasteiger partial charge in [-0.25, -0.2) is 0 Å². The van der Waals surface area contributed by atoms with Crippen LogP contribution in [0.15, 0.2) is 0 Å². The van der Waals surface area contributed by atoms with Crippen molar-refractivity contribution in [2.24, 2.45) is 0 Å². The molecule has 0 heterocycles. The van der Waals surface area contributed by atoms with Crippen LogP contribution in [0, 0.1) is 0 Å². The molecule has 0 saturated carbocycles. The minimum absolute atomic E-state index is 0.158. The van der Waals surface area contributed by atoms with Crippen LogP contribution < -0.4 is 0 Å². The van der Waals surface area contributed by atoms with E-state index in [2.05, 4.69) is 0 Å². The van der Waals surface area contributed by atoms with Gasteiger partial charge in [0.15, 0.2) is 0 Å². The van der Waals surface area contributed by atoms with Crippen molar-refractivity contribution in [2.45, 2.75) is 58.7 Å². The van der Waals surface area contributed by atoms with Crippen molar-refractivity contribution in [3.63, 3.8) is 0 Å². The third-order valence-corrected chi connectivity index (χ3v) is 2.42. The highest BCUT2D eigenvalue weighted by Gasteiger charge is 2.23. The van der Waals surface area contributed by atoms with Crippen molar-refractivity contribution in [3.05, 3.63) is 0 Å². The molecular weight excluding hydrogens is 192 g/mol. The zero-order valence-electron chi connectivity index (χ0n) is 10.8. The Morgan fingerprint density at radius 3 is 2.07 bits per heavy atom. The zero-order chi connectivity index (χ0) is 12.1. The van der Waals surface area contributed by atoms with E-state index < -0.39 is 0 Å². The number of ether oxygens (including phenoxy) is 2. The van der Waals surface area contributed by atoms with Crippen LogP contribution in [0.25, 0.3) is 0 Å². The van der Waals surface area contributed by atoms with Gasteiger partial charge >= 0.3 is 0 Å². The molecule has 0 N–H and O–H groups in total. The Hall–Kier alpha value is -0.410. The fourth-order valence-corrected chi connectivity index (χ4v) is 1.33. The number of Topliss-reactive ketones (excluding diaryl/α,β-unsaturated/α-hetero) is 1. The van der Waals surface area contributed by atoms with Crippen molar-refractivity contribution in [1.29, 1.82) is 0 Å². The molecule has 0 aliphatic rings. The van der Waals surface area contributed by atoms with E-state index in [9.17, 15) is 4.79 Å². The number of carbonyl (C=O) groups excluding carboxylic acids is 1. The summed E-state index contributed by atoms with van der Waals surface area (Å²) in [5.74, 6) is 0.158. The van der Waals surface area contributed by atoms with E-state index >= 15 is 0 Å². The fraction of sp³-hybridized carbons (Fsp3) is 0.917. The molecule has 0 unspecified atom stereocenters. The van der Waals surface area contributed by atoms with Gasteiger partial charge in [0.25, 0.3) is 0 Å². The van der Waals surface area contributed by atoms with E-state index in [0.29, 0.717) is 13.0 Å². The van der Waals surface area contributed by atoms with Gasteiger partial charge < -0.3 is 9.47 Å². The van der Waals surface area contributed by atoms with Crippen LogP contribution in [0.2, 0.25) is 0 Å². The van der Waals surface area contributed by atoms with E-state index in [1.54, 1.807) is 14.0 Å². The lowest BCUT2D eigenvalue weighted by Gasteiger charge is -2.28. The maximum absolute atomic E-state index is 11.0. The molecule has 90 valence electrons. The standard InChI is InChI=1S/C12H24O3/c1-10(13)9-12(4,5)15-8-7-11(2,3)14-6/h7-9H2,1-6H3. The molecule has 0 bridgehead atoms. The Morgan fingerprint density at radius 2 is 1.67 bits per heavy atom. The molecule has 0 aromatic heterocycles. The first-order chi connectivity index (χ1) is 6.68. The molecule has 3 nitrogen and oxygen atoms in total. The Balaban J connectivity index is 3.89. The highest BCUT2D eigenvalue weighted by atomic mass is 16.5. The van der Waals surface area contributed by atoms with Crippen molar-refractivity contribution in [2.75, 3.05) is 13.7 Å². The van der Waals surface area contributed by atoms with Gasteiger partial charge in [-0.15, -0.1) is 0 Å². The fourth-order valence-electron chi connectivity index (χ4n) is 1.33. The lowest BCUT2D eigenvalue weighted by atomic mass is 10.0. The van der Waals surface area contributed by atoms with Gasteiger partial charge in [-0.2, -0.15) is 0 Å². The number of hydrogen-bond donors (Lipinski definition) is 0. The van der Waals surface area contributed by atoms with Crippen molar-refractivity contribution in [1.82, 2.24) is 0 Å². The summed E-state index contributed by atoms with van der Waals surface area (Å²) in [6.07, 6.45) is 1.28. The van der Waals surface area contributed by atoms with Gasteiger partial charge in [0.05, 0.1) is 17.8 Å². The van der Waals surface area contributed by atoms with Gasteiger partial charge in [0.1, 0.15) is 5.78 Å². The van der Waals surface area contributed by atoms with Gasteiger partial charge in [-0.1, -0.05) is 0 Å². The maximum atomic E-state index is 11.0. The lowest BCUT2D eigenvalue weighted by Crippen LogP contribution is -2.31. The molecule has 0 amide bonds. The summed E-state index contributed by atoms with van der Waals surface area (Å²) in [7, 11) is 1.70. The third kappa shape index (κ3) is 7.51. The van der Waals surface area contributed by atoms with E-state index in [1.165, 1.54) is 0 Å². The van der Waals surface area contributed by atoms with Crippen molar-refractivity contribution >= 4 is 5.78 Å². The molecule has 0 aliphatic heterocycles. The SMILES string of the molecule is COC(C)(C)CCOC(C)(C)CC(C)=O. The Morgan fingerprint density at radius 1 is 1.13 bits per heavy atom. The summed E-state index contributed by atoms with van der Waals surface area (Å²) in [6, 6.07) is 0. The van der Waals surface area contributed by atoms with Gasteiger partial charge in [0, 0.05) is 13.5 Å². The minimum atomic E-state index is -0.365. The number of hydrogen-bond acceptors (Lipinski definition) is 3. The molecule has 0 saturated heterocycles. The Labute approximate surface area is 93.1 Å². The topological polar surface area (TPSA) is 35.5 Å². The summed E-state index contributed by atoms with van der Waals surface area (Å²) in [6.45, 7) is 10.1. The van der Waals surface area contributed by atoms with Crippen molar-refractivity contribution < 1.29 is 14.3 Å². The maximum Gasteiger partial charge on any atom is 0.132 e. The first kappa shape index (κ1) is 14.6. The highest BCUT2D eigenvalue weighted by molar-refractivity contribution is 5.76. The first-order valence-corrected chi connectivity index (χ1v) is 5.37. The molecule has 0 aromatic carbocycles. The van der Waals surface area contributed by atoms with E-state index in [0.717, 1.165) is 6.42 Å². The molecule has 0 aliphatic carbocycles. The molecule has 0 fully saturated rings. The Kier molecular flexibility index (Phi) is 5.46. The summed E-state index contributed by atoms with van der Waals surface area (Å²) in [5, 5.41) is 0. The second kappa shape index (κ2) is 5.61. The molecule has 0 rings (SSSR count). The van der Waals surface area contributed by atoms with Crippen LogP contribution in [0.1, 0.15) is 47.5 Å². The predicted molar refractivity (Wildman–Crippen MR) is 61.0 cm³/mol. The molecule has 15 heavy (non-hydrogen) atoms. The molecule has 3 heteroatoms. The van der Waals surface area contributed by atoms with Crippen LogP contribution in [-0.4, -0.2) is 30.7 Å². The van der Waals surface area contributed by atoms with E-state index in [-0.39, 0.29) is 17.0 Å². The van der Waals surface area contributed by atoms with Gasteiger partial charge in [-0.3, -0.25) is 4.79 Å². The zero-order valence-corrected chi connectivity index (χ0v) is 10.8. The molecule has 0 atom stereocenters.